The van der Waals surface area contributed by atoms with Gasteiger partial charge in [-0.3, -0.25) is 0 Å². The lowest BCUT2D eigenvalue weighted by Crippen LogP contribution is -1.94. The number of H-pyrrole nitrogens is 1. The Morgan fingerprint density at radius 1 is 1.25 bits per heavy atom. The Bertz CT molecular complexity index is 445. The number of alkyl halides is 2. The lowest BCUT2D eigenvalue weighted by molar-refractivity contribution is 0.149. The maximum absolute atomic E-state index is 12.3. The molecule has 0 atom stereocenters. The number of rotatable bonds is 3. The normalized spacial score (nSPS) is 11.9. The molecule has 0 amide bonds. The third-order valence-corrected chi connectivity index (χ3v) is 2.77. The molecule has 0 aromatic heterocycles. The summed E-state index contributed by atoms with van der Waals surface area (Å²) in [4.78, 5) is 3.09. The van der Waals surface area contributed by atoms with Crippen LogP contribution in [0.2, 0.25) is 0 Å². The first-order valence-corrected chi connectivity index (χ1v) is 5.46. The molecule has 3 heteroatoms. The van der Waals surface area contributed by atoms with E-state index in [1.54, 1.807) is 0 Å². The van der Waals surface area contributed by atoms with Crippen LogP contribution in [0.3, 0.4) is 0 Å². The Balaban J connectivity index is 2.44. The molecule has 2 aliphatic rings. The molecule has 0 unspecified atom stereocenters. The zero-order valence-electron chi connectivity index (χ0n) is 9.43. The van der Waals surface area contributed by atoms with E-state index in [4.69, 9.17) is 0 Å². The van der Waals surface area contributed by atoms with E-state index in [1.807, 2.05) is 24.4 Å². The summed E-state index contributed by atoms with van der Waals surface area (Å²) < 4.78 is 24.6. The second-order valence-corrected chi connectivity index (χ2v) is 4.37. The minimum Gasteiger partial charge on any atom is -0.361 e. The number of aromatic amines is 1. The van der Waals surface area contributed by atoms with Gasteiger partial charge in [0.1, 0.15) is 0 Å². The van der Waals surface area contributed by atoms with Crippen molar-refractivity contribution in [3.05, 3.63) is 35.5 Å². The fraction of sp³-hybridized carbons (Fsp3) is 0.385. The van der Waals surface area contributed by atoms with E-state index in [9.17, 15) is 8.78 Å². The number of pyridine rings is 1. The number of halogens is 2. The monoisotopic (exact) mass is 223 g/mol. The van der Waals surface area contributed by atoms with Gasteiger partial charge >= 0.3 is 0 Å². The summed E-state index contributed by atoms with van der Waals surface area (Å²) in [5.41, 5.74) is 3.92. The van der Waals surface area contributed by atoms with E-state index in [-0.39, 0.29) is 6.42 Å². The Morgan fingerprint density at radius 2 is 2.00 bits per heavy atom. The van der Waals surface area contributed by atoms with E-state index in [1.165, 1.54) is 5.56 Å². The molecule has 0 spiro atoms. The minimum atomic E-state index is -2.28. The molecule has 2 rings (SSSR count). The van der Waals surface area contributed by atoms with Crippen molar-refractivity contribution in [1.29, 1.82) is 0 Å². The van der Waals surface area contributed by atoms with Gasteiger partial charge in [-0.05, 0) is 35.2 Å². The maximum Gasteiger partial charge on any atom is 0.242 e. The maximum atomic E-state index is 12.3. The van der Waals surface area contributed by atoms with Crippen molar-refractivity contribution in [3.63, 3.8) is 0 Å². The molecule has 16 heavy (non-hydrogen) atoms. The van der Waals surface area contributed by atoms with E-state index in [0.717, 1.165) is 11.3 Å². The topological polar surface area (TPSA) is 15.8 Å². The van der Waals surface area contributed by atoms with Gasteiger partial charge in [0.2, 0.25) is 6.43 Å². The summed E-state index contributed by atoms with van der Waals surface area (Å²) in [6.07, 6.45) is -0.580. The lowest BCUT2D eigenvalue weighted by Gasteiger charge is -2.10. The highest BCUT2D eigenvalue weighted by molar-refractivity contribution is 5.69. The Morgan fingerprint density at radius 3 is 2.62 bits per heavy atom. The molecule has 1 aliphatic carbocycles. The van der Waals surface area contributed by atoms with Crippen molar-refractivity contribution in [2.45, 2.75) is 32.6 Å². The van der Waals surface area contributed by atoms with Gasteiger partial charge < -0.3 is 4.98 Å². The van der Waals surface area contributed by atoms with Crippen LogP contribution in [-0.2, 0) is 6.42 Å². The molecule has 1 heterocycles. The highest BCUT2D eigenvalue weighted by Gasteiger charge is 2.15. The fourth-order valence-corrected chi connectivity index (χ4v) is 2.04. The van der Waals surface area contributed by atoms with Crippen molar-refractivity contribution in [2.24, 2.45) is 0 Å². The Kier molecular flexibility index (Phi) is 2.95. The standard InChI is InChI=1S/C13H15F2N/c1-8(2)10-3-4-16-12-6-9(5-11(10)12)7-13(14)15/h3-6,8,13,16H,7H2,1-2H3. The fourth-order valence-electron chi connectivity index (χ4n) is 2.04. The third kappa shape index (κ3) is 2.08. The first-order chi connectivity index (χ1) is 7.58. The number of fused-ring (bicyclic) bond motifs is 1. The van der Waals surface area contributed by atoms with Crippen LogP contribution in [0, 0.1) is 0 Å². The predicted octanol–water partition coefficient (Wildman–Crippen LogP) is 4.05. The van der Waals surface area contributed by atoms with Gasteiger partial charge in [-0.2, -0.15) is 0 Å². The molecule has 0 radical (unpaired) electrons. The average molecular weight is 223 g/mol. The predicted molar refractivity (Wildman–Crippen MR) is 61.2 cm³/mol. The zero-order valence-corrected chi connectivity index (χ0v) is 9.43. The van der Waals surface area contributed by atoms with Gasteiger partial charge in [0.15, 0.2) is 0 Å². The summed E-state index contributed by atoms with van der Waals surface area (Å²) >= 11 is 0. The second kappa shape index (κ2) is 4.24. The van der Waals surface area contributed by atoms with Crippen molar-refractivity contribution < 1.29 is 8.78 Å². The van der Waals surface area contributed by atoms with Crippen molar-refractivity contribution in [1.82, 2.24) is 4.98 Å². The highest BCUT2D eigenvalue weighted by atomic mass is 19.3. The Labute approximate surface area is 93.8 Å². The summed E-state index contributed by atoms with van der Waals surface area (Å²) in [7, 11) is 0. The van der Waals surface area contributed by atoms with Crippen LogP contribution in [0.5, 0.6) is 0 Å². The van der Waals surface area contributed by atoms with Crippen LogP contribution >= 0.6 is 0 Å². The van der Waals surface area contributed by atoms with E-state index >= 15 is 0 Å². The highest BCUT2D eigenvalue weighted by Crippen LogP contribution is 2.32. The van der Waals surface area contributed by atoms with Crippen LogP contribution < -0.4 is 0 Å². The lowest BCUT2D eigenvalue weighted by atomic mass is 9.98. The number of hydrogen-bond acceptors (Lipinski definition) is 0. The van der Waals surface area contributed by atoms with Crippen LogP contribution in [-0.4, -0.2) is 11.4 Å². The van der Waals surface area contributed by atoms with Gasteiger partial charge in [0.25, 0.3) is 0 Å². The molecule has 0 saturated heterocycles. The van der Waals surface area contributed by atoms with Crippen LogP contribution in [0.1, 0.15) is 30.9 Å². The molecular formula is C13H15F2N. The number of hydrogen-bond donors (Lipinski definition) is 1. The van der Waals surface area contributed by atoms with Crippen molar-refractivity contribution >= 4 is 0 Å². The SMILES string of the molecule is CC(C)c1cc[nH]c2cc(CC(F)F)cc1-2. The molecule has 0 fully saturated rings. The second-order valence-electron chi connectivity index (χ2n) is 4.37. The molecule has 0 saturated carbocycles. The van der Waals surface area contributed by atoms with E-state index < -0.39 is 6.43 Å². The van der Waals surface area contributed by atoms with Gasteiger partial charge in [0.05, 0.1) is 0 Å². The van der Waals surface area contributed by atoms with Gasteiger partial charge in [-0.1, -0.05) is 13.8 Å². The summed E-state index contributed by atoms with van der Waals surface area (Å²) in [6, 6.07) is 5.69. The average Bonchev–Trinajstić information content (AvgIpc) is 2.57. The molecular weight excluding hydrogens is 208 g/mol. The van der Waals surface area contributed by atoms with Gasteiger partial charge in [-0.25, -0.2) is 8.78 Å². The van der Waals surface area contributed by atoms with Gasteiger partial charge in [0, 0.05) is 23.9 Å². The van der Waals surface area contributed by atoms with Crippen LogP contribution in [0.4, 0.5) is 8.78 Å². The third-order valence-electron chi connectivity index (χ3n) is 2.77. The molecule has 0 aromatic rings. The smallest absolute Gasteiger partial charge is 0.242 e. The molecule has 86 valence electrons. The van der Waals surface area contributed by atoms with Crippen LogP contribution in [0.25, 0.3) is 11.3 Å². The molecule has 1 N–H and O–H groups in total. The van der Waals surface area contributed by atoms with E-state index in [0.29, 0.717) is 11.5 Å². The summed E-state index contributed by atoms with van der Waals surface area (Å²) in [6.45, 7) is 4.21. The zero-order chi connectivity index (χ0) is 11.7. The van der Waals surface area contributed by atoms with Crippen molar-refractivity contribution in [2.75, 3.05) is 0 Å². The number of aromatic nitrogens is 1. The minimum absolute atomic E-state index is 0.167. The summed E-state index contributed by atoms with van der Waals surface area (Å²) in [5.74, 6) is 0.402. The largest absolute Gasteiger partial charge is 0.361 e. The van der Waals surface area contributed by atoms with Crippen LogP contribution in [0.15, 0.2) is 24.4 Å². The quantitative estimate of drug-likeness (QED) is 0.808. The molecule has 1 aliphatic heterocycles. The number of nitrogens with one attached hydrogen (secondary N) is 1. The first-order valence-electron chi connectivity index (χ1n) is 5.46. The summed E-state index contributed by atoms with van der Waals surface area (Å²) in [5, 5.41) is 0. The molecule has 1 nitrogen and oxygen atoms in total. The Hall–Kier alpha value is -1.38. The molecule has 0 aromatic carbocycles. The van der Waals surface area contributed by atoms with E-state index in [2.05, 4.69) is 18.8 Å². The van der Waals surface area contributed by atoms with Crippen molar-refractivity contribution in [3.8, 4) is 11.3 Å². The first kappa shape index (κ1) is 11.1. The van der Waals surface area contributed by atoms with Gasteiger partial charge in [-0.15, -0.1) is 0 Å². The molecule has 0 bridgehead atoms.